The predicted molar refractivity (Wildman–Crippen MR) is 120 cm³/mol. The number of nitrogens with zero attached hydrogens (tertiary/aromatic N) is 6. The molecule has 0 aliphatic carbocycles. The molecule has 152 valence electrons. The first-order valence-corrected chi connectivity index (χ1v) is 10.6. The molecule has 8 nitrogen and oxygen atoms in total. The average molecular weight is 420 g/mol. The molecule has 30 heavy (non-hydrogen) atoms. The highest BCUT2D eigenvalue weighted by molar-refractivity contribution is 7.18. The van der Waals surface area contributed by atoms with Crippen LogP contribution in [0.4, 0.5) is 17.2 Å². The second-order valence-corrected chi connectivity index (χ2v) is 8.70. The number of nitro benzene ring substituents is 1. The van der Waals surface area contributed by atoms with Crippen LogP contribution >= 0.6 is 11.3 Å². The molecule has 0 amide bonds. The number of rotatable bonds is 3. The van der Waals surface area contributed by atoms with Gasteiger partial charge in [0.1, 0.15) is 17.0 Å². The van der Waals surface area contributed by atoms with Crippen LogP contribution in [-0.2, 0) is 0 Å². The van der Waals surface area contributed by atoms with E-state index in [1.54, 1.807) is 23.7 Å². The summed E-state index contributed by atoms with van der Waals surface area (Å²) in [6, 6.07) is 9.33. The van der Waals surface area contributed by atoms with E-state index < -0.39 is 0 Å². The van der Waals surface area contributed by atoms with E-state index >= 15 is 0 Å². The van der Waals surface area contributed by atoms with Crippen molar-refractivity contribution in [1.82, 2.24) is 15.0 Å². The van der Waals surface area contributed by atoms with Gasteiger partial charge < -0.3 is 9.80 Å². The SMILES string of the molecule is Cc1cc(N2CCN(c3ncnc4sc(C)cc34)CC2)c2cccc([N+](=O)[O-])c2n1. The normalized spacial score (nSPS) is 14.6. The molecule has 0 bridgehead atoms. The van der Waals surface area contributed by atoms with Crippen molar-refractivity contribution < 1.29 is 4.92 Å². The van der Waals surface area contributed by atoms with Crippen LogP contribution in [0, 0.1) is 24.0 Å². The number of hydrogen-bond donors (Lipinski definition) is 0. The summed E-state index contributed by atoms with van der Waals surface area (Å²) in [5.41, 5.74) is 2.28. The van der Waals surface area contributed by atoms with Crippen molar-refractivity contribution in [3.63, 3.8) is 0 Å². The molecule has 0 radical (unpaired) electrons. The molecule has 4 aromatic rings. The molecule has 4 heterocycles. The molecule has 1 aliphatic rings. The average Bonchev–Trinajstić information content (AvgIpc) is 3.13. The highest BCUT2D eigenvalue weighted by Crippen LogP contribution is 2.34. The minimum absolute atomic E-state index is 0.0484. The lowest BCUT2D eigenvalue weighted by Crippen LogP contribution is -2.47. The Morgan fingerprint density at radius 1 is 1.03 bits per heavy atom. The first-order chi connectivity index (χ1) is 14.5. The molecule has 3 aromatic heterocycles. The number of piperazine rings is 1. The zero-order chi connectivity index (χ0) is 20.8. The smallest absolute Gasteiger partial charge is 0.295 e. The lowest BCUT2D eigenvalue weighted by atomic mass is 10.1. The molecular formula is C21H20N6O2S. The number of nitro groups is 1. The van der Waals surface area contributed by atoms with E-state index in [9.17, 15) is 10.1 Å². The van der Waals surface area contributed by atoms with Crippen molar-refractivity contribution in [2.75, 3.05) is 36.0 Å². The fraction of sp³-hybridized carbons (Fsp3) is 0.286. The monoisotopic (exact) mass is 420 g/mol. The Morgan fingerprint density at radius 3 is 2.57 bits per heavy atom. The first-order valence-electron chi connectivity index (χ1n) is 9.77. The highest BCUT2D eigenvalue weighted by Gasteiger charge is 2.24. The fourth-order valence-corrected chi connectivity index (χ4v) is 4.97. The van der Waals surface area contributed by atoms with Gasteiger partial charge in [-0.05, 0) is 26.0 Å². The first kappa shape index (κ1) is 18.7. The van der Waals surface area contributed by atoms with Crippen LogP contribution in [0.15, 0.2) is 36.7 Å². The van der Waals surface area contributed by atoms with Crippen LogP contribution < -0.4 is 9.80 Å². The largest absolute Gasteiger partial charge is 0.367 e. The Hall–Kier alpha value is -3.33. The summed E-state index contributed by atoms with van der Waals surface area (Å²) in [6.07, 6.45) is 1.64. The molecule has 0 unspecified atom stereocenters. The summed E-state index contributed by atoms with van der Waals surface area (Å²) in [5.74, 6) is 0.982. The summed E-state index contributed by atoms with van der Waals surface area (Å²) in [4.78, 5) is 31.3. The van der Waals surface area contributed by atoms with Crippen molar-refractivity contribution in [3.8, 4) is 0 Å². The maximum atomic E-state index is 11.5. The van der Waals surface area contributed by atoms with E-state index in [1.807, 2.05) is 19.1 Å². The molecule has 0 saturated carbocycles. The Kier molecular flexibility index (Phi) is 4.47. The number of pyridine rings is 1. The molecule has 1 aromatic carbocycles. The second kappa shape index (κ2) is 7.17. The van der Waals surface area contributed by atoms with Crippen LogP contribution in [-0.4, -0.2) is 46.1 Å². The van der Waals surface area contributed by atoms with Crippen LogP contribution in [0.3, 0.4) is 0 Å². The molecule has 5 rings (SSSR count). The number of thiophene rings is 1. The highest BCUT2D eigenvalue weighted by atomic mass is 32.1. The van der Waals surface area contributed by atoms with Gasteiger partial charge in [0.05, 0.1) is 10.3 Å². The number of hydrogen-bond acceptors (Lipinski definition) is 8. The van der Waals surface area contributed by atoms with Crippen LogP contribution in [0.1, 0.15) is 10.6 Å². The van der Waals surface area contributed by atoms with Crippen molar-refractivity contribution in [2.24, 2.45) is 0 Å². The number of benzene rings is 1. The van der Waals surface area contributed by atoms with Gasteiger partial charge in [0.25, 0.3) is 5.69 Å². The standard InChI is InChI=1S/C21H20N6O2S/c1-13-10-18(15-4-3-5-17(27(28)29)19(15)24-13)25-6-8-26(9-7-25)20-16-11-14(2)30-21(16)23-12-22-20/h3-5,10-12H,6-9H2,1-2H3. The number of aryl methyl sites for hydroxylation is 2. The van der Waals surface area contributed by atoms with Gasteiger partial charge in [-0.3, -0.25) is 10.1 Å². The Labute approximate surface area is 177 Å². The maximum Gasteiger partial charge on any atom is 0.295 e. The summed E-state index contributed by atoms with van der Waals surface area (Å²) in [6.45, 7) is 7.21. The van der Waals surface area contributed by atoms with Gasteiger partial charge in [-0.25, -0.2) is 15.0 Å². The van der Waals surface area contributed by atoms with E-state index in [2.05, 4.69) is 37.7 Å². The van der Waals surface area contributed by atoms with Gasteiger partial charge in [-0.15, -0.1) is 11.3 Å². The minimum atomic E-state index is -0.361. The Bertz CT molecular complexity index is 1280. The Morgan fingerprint density at radius 2 is 1.80 bits per heavy atom. The van der Waals surface area contributed by atoms with E-state index in [-0.39, 0.29) is 10.6 Å². The van der Waals surface area contributed by atoms with Gasteiger partial charge in [0.2, 0.25) is 0 Å². The summed E-state index contributed by atoms with van der Waals surface area (Å²) < 4.78 is 0. The number of para-hydroxylation sites is 1. The van der Waals surface area contributed by atoms with Gasteiger partial charge >= 0.3 is 0 Å². The van der Waals surface area contributed by atoms with Crippen molar-refractivity contribution in [1.29, 1.82) is 0 Å². The van der Waals surface area contributed by atoms with E-state index in [0.29, 0.717) is 5.52 Å². The molecule has 9 heteroatoms. The molecule has 0 N–H and O–H groups in total. The van der Waals surface area contributed by atoms with E-state index in [4.69, 9.17) is 0 Å². The Balaban J connectivity index is 1.46. The fourth-order valence-electron chi connectivity index (χ4n) is 4.12. The number of anilines is 2. The van der Waals surface area contributed by atoms with E-state index in [1.165, 1.54) is 10.9 Å². The molecule has 0 atom stereocenters. The lowest BCUT2D eigenvalue weighted by Gasteiger charge is -2.37. The number of aromatic nitrogens is 3. The van der Waals surface area contributed by atoms with Crippen molar-refractivity contribution in [2.45, 2.75) is 13.8 Å². The zero-order valence-electron chi connectivity index (χ0n) is 16.7. The lowest BCUT2D eigenvalue weighted by molar-refractivity contribution is -0.383. The predicted octanol–water partition coefficient (Wildman–Crippen LogP) is 4.09. The summed E-state index contributed by atoms with van der Waals surface area (Å²) in [5, 5.41) is 13.4. The third-order valence-electron chi connectivity index (χ3n) is 5.47. The zero-order valence-corrected chi connectivity index (χ0v) is 17.5. The topological polar surface area (TPSA) is 88.3 Å². The summed E-state index contributed by atoms with van der Waals surface area (Å²) >= 11 is 1.68. The molecule has 1 fully saturated rings. The van der Waals surface area contributed by atoms with E-state index in [0.717, 1.165) is 59.0 Å². The minimum Gasteiger partial charge on any atom is -0.367 e. The van der Waals surface area contributed by atoms with Gasteiger partial charge in [-0.2, -0.15) is 0 Å². The van der Waals surface area contributed by atoms with Crippen LogP contribution in [0.2, 0.25) is 0 Å². The van der Waals surface area contributed by atoms with Crippen LogP contribution in [0.25, 0.3) is 21.1 Å². The molecule has 1 saturated heterocycles. The van der Waals surface area contributed by atoms with Gasteiger partial charge in [-0.1, -0.05) is 12.1 Å². The number of fused-ring (bicyclic) bond motifs is 2. The molecule has 0 spiro atoms. The number of non-ortho nitro benzene ring substituents is 1. The third-order valence-corrected chi connectivity index (χ3v) is 6.43. The van der Waals surface area contributed by atoms with Gasteiger partial charge in [0, 0.05) is 53.9 Å². The summed E-state index contributed by atoms with van der Waals surface area (Å²) in [7, 11) is 0. The molecular weight excluding hydrogens is 400 g/mol. The second-order valence-electron chi connectivity index (χ2n) is 7.46. The molecule has 1 aliphatic heterocycles. The maximum absolute atomic E-state index is 11.5. The van der Waals surface area contributed by atoms with Crippen molar-refractivity contribution >= 4 is 49.6 Å². The quantitative estimate of drug-likeness (QED) is 0.364. The van der Waals surface area contributed by atoms with Crippen LogP contribution in [0.5, 0.6) is 0 Å². The third kappa shape index (κ3) is 3.11. The van der Waals surface area contributed by atoms with Gasteiger partial charge in [0.15, 0.2) is 5.52 Å². The van der Waals surface area contributed by atoms with Crippen molar-refractivity contribution in [3.05, 3.63) is 57.3 Å².